The Morgan fingerprint density at radius 3 is 2.28 bits per heavy atom. The molecule has 0 aliphatic rings. The molecule has 2 N–H and O–H groups in total. The summed E-state index contributed by atoms with van der Waals surface area (Å²) in [6, 6.07) is 1.29. The molecule has 0 unspecified atom stereocenters. The van der Waals surface area contributed by atoms with Gasteiger partial charge in [-0.05, 0) is 0 Å². The van der Waals surface area contributed by atoms with Gasteiger partial charge in [0.2, 0.25) is 0 Å². The third-order valence-electron chi connectivity index (χ3n) is 2.35. The van der Waals surface area contributed by atoms with Crippen LogP contribution in [0.15, 0.2) is 24.5 Å². The highest BCUT2D eigenvalue weighted by Crippen LogP contribution is 2.16. The Labute approximate surface area is 108 Å². The van der Waals surface area contributed by atoms with Crippen LogP contribution in [-0.4, -0.2) is 9.78 Å². The fraction of sp³-hybridized carbons (Fsp3) is 0.182. The summed E-state index contributed by atoms with van der Waals surface area (Å²) in [7, 11) is 0. The minimum atomic E-state index is -0.938. The molecule has 0 fully saturated rings. The zero-order valence-electron chi connectivity index (χ0n) is 9.24. The molecule has 1 aromatic heterocycles. The normalized spacial score (nSPS) is 10.2. The summed E-state index contributed by atoms with van der Waals surface area (Å²) in [5.74, 6) is -2.79. The van der Waals surface area contributed by atoms with Gasteiger partial charge in [-0.3, -0.25) is 4.68 Å². The Kier molecular flexibility index (Phi) is 4.75. The first kappa shape index (κ1) is 14.5. The van der Waals surface area contributed by atoms with E-state index in [1.807, 2.05) is 0 Å². The largest absolute Gasteiger partial charge is 0.326 e. The van der Waals surface area contributed by atoms with E-state index < -0.39 is 17.5 Å². The van der Waals surface area contributed by atoms with Crippen LogP contribution in [0, 0.1) is 17.5 Å². The third-order valence-corrected chi connectivity index (χ3v) is 2.35. The molecule has 7 heteroatoms. The van der Waals surface area contributed by atoms with E-state index in [0.717, 1.165) is 5.56 Å². The average molecular weight is 278 g/mol. The number of hydrogen-bond acceptors (Lipinski definition) is 2. The van der Waals surface area contributed by atoms with Crippen molar-refractivity contribution in [3.05, 3.63) is 53.1 Å². The smallest absolute Gasteiger partial charge is 0.134 e. The lowest BCUT2D eigenvalue weighted by Crippen LogP contribution is -2.06. The van der Waals surface area contributed by atoms with Crippen molar-refractivity contribution in [2.75, 3.05) is 0 Å². The van der Waals surface area contributed by atoms with Crippen LogP contribution in [0.2, 0.25) is 0 Å². The molecule has 0 spiro atoms. The van der Waals surface area contributed by atoms with E-state index in [9.17, 15) is 13.2 Å². The summed E-state index contributed by atoms with van der Waals surface area (Å²) >= 11 is 0. The molecule has 1 heterocycles. The van der Waals surface area contributed by atoms with E-state index >= 15 is 0 Å². The van der Waals surface area contributed by atoms with Crippen LogP contribution in [0.25, 0.3) is 0 Å². The number of nitrogens with two attached hydrogens (primary N) is 1. The first-order valence-corrected chi connectivity index (χ1v) is 4.95. The van der Waals surface area contributed by atoms with Gasteiger partial charge in [0, 0.05) is 36.0 Å². The minimum Gasteiger partial charge on any atom is -0.326 e. The Morgan fingerprint density at radius 2 is 1.78 bits per heavy atom. The number of rotatable bonds is 3. The molecule has 1 aromatic carbocycles. The lowest BCUT2D eigenvalue weighted by atomic mass is 10.2. The van der Waals surface area contributed by atoms with Crippen LogP contribution in [-0.2, 0) is 13.1 Å². The van der Waals surface area contributed by atoms with Crippen molar-refractivity contribution >= 4 is 12.4 Å². The number of nitrogens with zero attached hydrogens (tertiary/aromatic N) is 2. The summed E-state index contributed by atoms with van der Waals surface area (Å²) in [5.41, 5.74) is 5.92. The molecule has 3 nitrogen and oxygen atoms in total. The second kappa shape index (κ2) is 5.88. The predicted molar refractivity (Wildman–Crippen MR) is 62.8 cm³/mol. The van der Waals surface area contributed by atoms with Crippen molar-refractivity contribution in [3.63, 3.8) is 0 Å². The molecule has 0 saturated heterocycles. The summed E-state index contributed by atoms with van der Waals surface area (Å²) in [4.78, 5) is 0. The van der Waals surface area contributed by atoms with E-state index in [2.05, 4.69) is 5.10 Å². The lowest BCUT2D eigenvalue weighted by Gasteiger charge is -2.05. The Hall–Kier alpha value is -1.53. The van der Waals surface area contributed by atoms with E-state index in [0.29, 0.717) is 18.7 Å². The van der Waals surface area contributed by atoms with Crippen molar-refractivity contribution in [2.45, 2.75) is 13.1 Å². The van der Waals surface area contributed by atoms with Gasteiger partial charge in [-0.25, -0.2) is 13.2 Å². The highest BCUT2D eigenvalue weighted by molar-refractivity contribution is 5.85. The highest BCUT2D eigenvalue weighted by atomic mass is 35.5. The topological polar surface area (TPSA) is 43.8 Å². The first-order valence-electron chi connectivity index (χ1n) is 4.95. The quantitative estimate of drug-likeness (QED) is 0.935. The van der Waals surface area contributed by atoms with Gasteiger partial charge in [-0.15, -0.1) is 12.4 Å². The molecule has 0 bridgehead atoms. The van der Waals surface area contributed by atoms with Crippen LogP contribution in [0.3, 0.4) is 0 Å². The van der Waals surface area contributed by atoms with E-state index in [4.69, 9.17) is 5.73 Å². The second-order valence-electron chi connectivity index (χ2n) is 3.60. The Bertz CT molecular complexity index is 519. The molecule has 0 saturated carbocycles. The molecule has 18 heavy (non-hydrogen) atoms. The summed E-state index contributed by atoms with van der Waals surface area (Å²) in [5, 5.41) is 3.90. The molecular weight excluding hydrogens is 267 g/mol. The number of hydrogen-bond donors (Lipinski definition) is 1. The maximum Gasteiger partial charge on any atom is 0.134 e. The van der Waals surface area contributed by atoms with Gasteiger partial charge in [-0.2, -0.15) is 5.10 Å². The molecule has 0 amide bonds. The standard InChI is InChI=1S/C11H10F3N3.ClH/c12-8-1-10(13)9(11(14)2-8)6-17-5-7(3-15)4-16-17;/h1-2,4-5H,3,6,15H2;1H. The summed E-state index contributed by atoms with van der Waals surface area (Å²) in [6.45, 7) is 0.201. The molecule has 0 aliphatic carbocycles. The van der Waals surface area contributed by atoms with Crippen molar-refractivity contribution in [3.8, 4) is 0 Å². The average Bonchev–Trinajstić information content (AvgIpc) is 2.71. The predicted octanol–water partition coefficient (Wildman–Crippen LogP) is 2.23. The van der Waals surface area contributed by atoms with Crippen LogP contribution in [0.1, 0.15) is 11.1 Å². The van der Waals surface area contributed by atoms with Gasteiger partial charge in [0.25, 0.3) is 0 Å². The molecule has 98 valence electrons. The van der Waals surface area contributed by atoms with Crippen molar-refractivity contribution in [1.82, 2.24) is 9.78 Å². The van der Waals surface area contributed by atoms with Crippen molar-refractivity contribution in [1.29, 1.82) is 0 Å². The van der Waals surface area contributed by atoms with Gasteiger partial charge < -0.3 is 5.73 Å². The van der Waals surface area contributed by atoms with E-state index in [1.165, 1.54) is 10.9 Å². The summed E-state index contributed by atoms with van der Waals surface area (Å²) < 4.78 is 40.7. The van der Waals surface area contributed by atoms with E-state index in [-0.39, 0.29) is 24.5 Å². The van der Waals surface area contributed by atoms with Crippen molar-refractivity contribution < 1.29 is 13.2 Å². The molecule has 0 aliphatic heterocycles. The lowest BCUT2D eigenvalue weighted by molar-refractivity contribution is 0.508. The third kappa shape index (κ3) is 3.02. The number of benzene rings is 1. The maximum absolute atomic E-state index is 13.3. The number of halogens is 4. The van der Waals surface area contributed by atoms with Gasteiger partial charge in [0.05, 0.1) is 12.7 Å². The van der Waals surface area contributed by atoms with E-state index in [1.54, 1.807) is 6.20 Å². The molecule has 2 aromatic rings. The number of aromatic nitrogens is 2. The van der Waals surface area contributed by atoms with Gasteiger partial charge in [0.15, 0.2) is 0 Å². The molecule has 0 radical (unpaired) electrons. The van der Waals surface area contributed by atoms with Crippen LogP contribution >= 0.6 is 12.4 Å². The fourth-order valence-corrected chi connectivity index (χ4v) is 1.48. The molecule has 0 atom stereocenters. The second-order valence-corrected chi connectivity index (χ2v) is 3.60. The van der Waals surface area contributed by atoms with Gasteiger partial charge in [-0.1, -0.05) is 0 Å². The summed E-state index contributed by atoms with van der Waals surface area (Å²) in [6.07, 6.45) is 3.10. The SMILES string of the molecule is Cl.NCc1cnn(Cc2c(F)cc(F)cc2F)c1. The molecular formula is C11H11ClF3N3. The molecule has 2 rings (SSSR count). The Balaban J connectivity index is 0.00000162. The van der Waals surface area contributed by atoms with Gasteiger partial charge in [0.1, 0.15) is 17.5 Å². The van der Waals surface area contributed by atoms with Crippen molar-refractivity contribution in [2.24, 2.45) is 5.73 Å². The van der Waals surface area contributed by atoms with Crippen LogP contribution < -0.4 is 5.73 Å². The Morgan fingerprint density at radius 1 is 1.17 bits per heavy atom. The zero-order chi connectivity index (χ0) is 12.4. The monoisotopic (exact) mass is 277 g/mol. The first-order chi connectivity index (χ1) is 8.10. The maximum atomic E-state index is 13.3. The van der Waals surface area contributed by atoms with Crippen LogP contribution in [0.5, 0.6) is 0 Å². The highest BCUT2D eigenvalue weighted by Gasteiger charge is 2.12. The minimum absolute atomic E-state index is 0. The fourth-order valence-electron chi connectivity index (χ4n) is 1.48. The van der Waals surface area contributed by atoms with Crippen LogP contribution in [0.4, 0.5) is 13.2 Å². The van der Waals surface area contributed by atoms with Gasteiger partial charge >= 0.3 is 0 Å². The zero-order valence-corrected chi connectivity index (χ0v) is 10.1.